The molecule has 0 aromatic heterocycles. The molecular formula is C34H38O3. The highest BCUT2D eigenvalue weighted by Crippen LogP contribution is 2.60. The van der Waals surface area contributed by atoms with Crippen LogP contribution in [0.3, 0.4) is 0 Å². The lowest BCUT2D eigenvalue weighted by Gasteiger charge is -2.38. The Morgan fingerprint density at radius 1 is 0.811 bits per heavy atom. The number of hydrogen-bond acceptors (Lipinski definition) is 3. The normalized spacial score (nSPS) is 29.2. The van der Waals surface area contributed by atoms with Crippen LogP contribution in [0.2, 0.25) is 0 Å². The molecule has 0 N–H and O–H groups in total. The van der Waals surface area contributed by atoms with Gasteiger partial charge in [0.25, 0.3) is 0 Å². The second kappa shape index (κ2) is 9.51. The minimum atomic E-state index is -0.412. The molecule has 3 saturated carbocycles. The molecule has 3 fully saturated rings. The Bertz CT molecular complexity index is 1200. The van der Waals surface area contributed by atoms with E-state index in [-0.39, 0.29) is 12.0 Å². The van der Waals surface area contributed by atoms with Gasteiger partial charge >= 0.3 is 0 Å². The second-order valence-electron chi connectivity index (χ2n) is 11.8. The third-order valence-corrected chi connectivity index (χ3v) is 9.99. The number of rotatable bonds is 7. The van der Waals surface area contributed by atoms with Crippen molar-refractivity contribution in [2.24, 2.45) is 23.7 Å². The Hall–Kier alpha value is -2.78. The zero-order valence-corrected chi connectivity index (χ0v) is 22.0. The minimum absolute atomic E-state index is 0.0473. The summed E-state index contributed by atoms with van der Waals surface area (Å²) >= 11 is 0. The topological polar surface area (TPSA) is 27.7 Å². The third kappa shape index (κ3) is 4.07. The van der Waals surface area contributed by atoms with Gasteiger partial charge in [-0.25, -0.2) is 0 Å². The van der Waals surface area contributed by atoms with Crippen molar-refractivity contribution in [3.8, 4) is 17.2 Å². The van der Waals surface area contributed by atoms with Gasteiger partial charge in [0.1, 0.15) is 17.2 Å². The van der Waals surface area contributed by atoms with Gasteiger partial charge in [-0.15, -0.1) is 0 Å². The van der Waals surface area contributed by atoms with Crippen molar-refractivity contribution in [3.05, 3.63) is 89.5 Å². The summed E-state index contributed by atoms with van der Waals surface area (Å²) in [6, 6.07) is 25.5. The van der Waals surface area contributed by atoms with Crippen molar-refractivity contribution >= 4 is 0 Å². The fraction of sp³-hybridized carbons (Fsp3) is 0.471. The predicted molar refractivity (Wildman–Crippen MR) is 146 cm³/mol. The molecule has 0 amide bonds. The molecule has 0 saturated heterocycles. The molecule has 0 radical (unpaired) electrons. The Kier molecular flexibility index (Phi) is 6.00. The van der Waals surface area contributed by atoms with Crippen LogP contribution in [0.25, 0.3) is 0 Å². The highest BCUT2D eigenvalue weighted by molar-refractivity contribution is 5.54. The molecular weight excluding hydrogens is 456 g/mol. The van der Waals surface area contributed by atoms with Gasteiger partial charge < -0.3 is 14.2 Å². The van der Waals surface area contributed by atoms with E-state index in [1.54, 1.807) is 0 Å². The maximum Gasteiger partial charge on any atom is 0.211 e. The molecule has 3 heteroatoms. The quantitative estimate of drug-likeness (QED) is 0.308. The van der Waals surface area contributed by atoms with Gasteiger partial charge in [-0.2, -0.15) is 0 Å². The molecule has 3 nitrogen and oxygen atoms in total. The minimum Gasteiger partial charge on any atom is -0.464 e. The smallest absolute Gasteiger partial charge is 0.211 e. The van der Waals surface area contributed by atoms with Crippen LogP contribution in [0.4, 0.5) is 0 Å². The maximum absolute atomic E-state index is 7.13. The van der Waals surface area contributed by atoms with Crippen LogP contribution in [0, 0.1) is 23.7 Å². The Balaban J connectivity index is 1.24. The lowest BCUT2D eigenvalue weighted by molar-refractivity contribution is -0.150. The van der Waals surface area contributed by atoms with Crippen molar-refractivity contribution in [2.75, 3.05) is 0 Å². The summed E-state index contributed by atoms with van der Waals surface area (Å²) in [6.07, 6.45) is 7.74. The average Bonchev–Trinajstić information content (AvgIpc) is 3.66. The summed E-state index contributed by atoms with van der Waals surface area (Å²) < 4.78 is 20.3. The van der Waals surface area contributed by atoms with E-state index in [4.69, 9.17) is 14.2 Å². The van der Waals surface area contributed by atoms with Gasteiger partial charge in [0.05, 0.1) is 12.0 Å². The fourth-order valence-corrected chi connectivity index (χ4v) is 7.99. The van der Waals surface area contributed by atoms with E-state index in [1.165, 1.54) is 37.7 Å². The first-order chi connectivity index (χ1) is 18.2. The molecule has 2 bridgehead atoms. The summed E-state index contributed by atoms with van der Waals surface area (Å²) in [5.74, 6) is 6.50. The molecule has 37 heavy (non-hydrogen) atoms. The fourth-order valence-electron chi connectivity index (χ4n) is 7.99. The number of ether oxygens (including phenoxy) is 3. The summed E-state index contributed by atoms with van der Waals surface area (Å²) in [7, 11) is 0. The van der Waals surface area contributed by atoms with Crippen LogP contribution in [-0.4, -0.2) is 12.4 Å². The number of hydrogen-bond donors (Lipinski definition) is 0. The first-order valence-electron chi connectivity index (χ1n) is 14.5. The van der Waals surface area contributed by atoms with Crippen LogP contribution in [-0.2, 0) is 4.74 Å². The zero-order valence-electron chi connectivity index (χ0n) is 22.0. The summed E-state index contributed by atoms with van der Waals surface area (Å²) in [5, 5.41) is 0. The third-order valence-electron chi connectivity index (χ3n) is 9.99. The van der Waals surface area contributed by atoms with Gasteiger partial charge in [0.2, 0.25) is 6.29 Å². The zero-order chi connectivity index (χ0) is 24.9. The first kappa shape index (κ1) is 23.3. The predicted octanol–water partition coefficient (Wildman–Crippen LogP) is 8.68. The van der Waals surface area contributed by atoms with E-state index in [9.17, 15) is 0 Å². The van der Waals surface area contributed by atoms with Gasteiger partial charge in [-0.3, -0.25) is 0 Å². The molecule has 7 unspecified atom stereocenters. The molecule has 4 aliphatic rings. The Morgan fingerprint density at radius 2 is 1.49 bits per heavy atom. The maximum atomic E-state index is 7.13. The summed E-state index contributed by atoms with van der Waals surface area (Å²) in [4.78, 5) is 0. The summed E-state index contributed by atoms with van der Waals surface area (Å²) in [6.45, 7) is 4.52. The monoisotopic (exact) mass is 494 g/mol. The van der Waals surface area contributed by atoms with E-state index in [1.807, 2.05) is 12.1 Å². The van der Waals surface area contributed by atoms with Crippen molar-refractivity contribution in [1.29, 1.82) is 0 Å². The first-order valence-corrected chi connectivity index (χ1v) is 14.5. The van der Waals surface area contributed by atoms with E-state index in [0.717, 1.165) is 52.5 Å². The molecule has 0 spiro atoms. The highest BCUT2D eigenvalue weighted by atomic mass is 16.7. The molecule has 7 atom stereocenters. The molecule has 1 aliphatic heterocycles. The number of fused-ring (bicyclic) bond motifs is 7. The van der Waals surface area contributed by atoms with E-state index in [0.29, 0.717) is 11.8 Å². The lowest BCUT2D eigenvalue weighted by Crippen LogP contribution is -2.39. The van der Waals surface area contributed by atoms with Crippen molar-refractivity contribution in [2.45, 2.75) is 76.6 Å². The number of benzene rings is 3. The van der Waals surface area contributed by atoms with Crippen LogP contribution in [0.15, 0.2) is 72.8 Å². The molecule has 3 aromatic rings. The van der Waals surface area contributed by atoms with E-state index >= 15 is 0 Å². The second-order valence-corrected chi connectivity index (χ2v) is 11.8. The van der Waals surface area contributed by atoms with Crippen molar-refractivity contribution < 1.29 is 14.2 Å². The van der Waals surface area contributed by atoms with Crippen LogP contribution in [0.1, 0.15) is 80.9 Å². The largest absolute Gasteiger partial charge is 0.464 e. The van der Waals surface area contributed by atoms with Crippen molar-refractivity contribution in [1.82, 2.24) is 0 Å². The molecule has 192 valence electrons. The van der Waals surface area contributed by atoms with Gasteiger partial charge in [-0.05, 0) is 91.5 Å². The van der Waals surface area contributed by atoms with E-state index < -0.39 is 6.29 Å². The standard InChI is InChI=1S/C34H38O3/c1-3-21(2)22-15-17-24(18-16-22)35-34(37-32-20-23-19-29(32)26-12-8-11-25(23)26)33-27-9-4-6-13-30(27)36-31-14-7-5-10-28(31)33/h4-7,9-10,13-18,21,23,25-26,29,32-34H,3,8,11-12,19-20H2,1-2H3. The van der Waals surface area contributed by atoms with Crippen molar-refractivity contribution in [3.63, 3.8) is 0 Å². The van der Waals surface area contributed by atoms with Gasteiger partial charge in [0.15, 0.2) is 0 Å². The Labute approximate surface area is 221 Å². The lowest BCUT2D eigenvalue weighted by atomic mass is 9.80. The summed E-state index contributed by atoms with van der Waals surface area (Å²) in [5.41, 5.74) is 3.64. The number of para-hydroxylation sites is 2. The highest BCUT2D eigenvalue weighted by Gasteiger charge is 2.55. The van der Waals surface area contributed by atoms with Crippen LogP contribution >= 0.6 is 0 Å². The Morgan fingerprint density at radius 3 is 2.19 bits per heavy atom. The molecule has 3 aliphatic carbocycles. The SMILES string of the molecule is CCC(C)c1ccc(OC(OC2CC3CC2C2CCCC32)C2c3ccccc3Oc3ccccc32)cc1. The van der Waals surface area contributed by atoms with E-state index in [2.05, 4.69) is 74.5 Å². The molecule has 1 heterocycles. The van der Waals surface area contributed by atoms with Crippen LogP contribution < -0.4 is 9.47 Å². The average molecular weight is 495 g/mol. The molecule has 7 rings (SSSR count). The van der Waals surface area contributed by atoms with Crippen LogP contribution in [0.5, 0.6) is 17.2 Å². The molecule has 3 aromatic carbocycles. The van der Waals surface area contributed by atoms with Gasteiger partial charge in [-0.1, -0.05) is 68.8 Å². The van der Waals surface area contributed by atoms with Gasteiger partial charge in [0, 0.05) is 11.1 Å².